The van der Waals surface area contributed by atoms with Gasteiger partial charge in [0.25, 0.3) is 0 Å². The largest absolute Gasteiger partial charge is 0.496 e. The first-order valence-electron chi connectivity index (χ1n) is 11.0. The molecule has 0 aromatic heterocycles. The van der Waals surface area contributed by atoms with Gasteiger partial charge in [0.15, 0.2) is 17.3 Å². The van der Waals surface area contributed by atoms with Crippen LogP contribution in [0.25, 0.3) is 0 Å². The maximum absolute atomic E-state index is 12.7. The molecule has 0 bridgehead atoms. The van der Waals surface area contributed by atoms with Crippen LogP contribution in [0.15, 0.2) is 0 Å². The quantitative estimate of drug-likeness (QED) is 0.632. The lowest BCUT2D eigenvalue weighted by molar-refractivity contribution is -0.141. The molecule has 32 heavy (non-hydrogen) atoms. The fourth-order valence-corrected chi connectivity index (χ4v) is 4.11. The average Bonchev–Trinajstić information content (AvgIpc) is 3.05. The number of alkyl carbamates (subject to hydrolysis) is 1. The van der Waals surface area contributed by atoms with Crippen LogP contribution in [0.1, 0.15) is 58.2 Å². The van der Waals surface area contributed by atoms with Gasteiger partial charge in [0.1, 0.15) is 17.5 Å². The number of nitrogens with one attached hydrogen (secondary N) is 1. The van der Waals surface area contributed by atoms with Crippen LogP contribution in [-0.2, 0) is 27.1 Å². The number of benzene rings is 1. The van der Waals surface area contributed by atoms with E-state index in [1.54, 1.807) is 21.3 Å². The second-order valence-corrected chi connectivity index (χ2v) is 9.36. The second-order valence-electron chi connectivity index (χ2n) is 9.36. The number of carbonyl (C=O) groups is 1. The summed E-state index contributed by atoms with van der Waals surface area (Å²) in [6, 6.07) is -0.414. The first kappa shape index (κ1) is 26.1. The molecule has 182 valence electrons. The summed E-state index contributed by atoms with van der Waals surface area (Å²) in [7, 11) is 4.87. The smallest absolute Gasteiger partial charge is 0.407 e. The van der Waals surface area contributed by atoms with E-state index in [1.807, 2.05) is 48.5 Å². The third kappa shape index (κ3) is 5.98. The number of carbonyl (C=O) groups excluding carboxylic acids is 1. The van der Waals surface area contributed by atoms with E-state index in [2.05, 4.69) is 5.32 Å². The van der Waals surface area contributed by atoms with Crippen molar-refractivity contribution in [1.29, 1.82) is 0 Å². The molecule has 1 aliphatic heterocycles. The topological polar surface area (TPSA) is 84.5 Å². The lowest BCUT2D eigenvalue weighted by Gasteiger charge is -2.29. The fraction of sp³-hybridized carbons (Fsp3) is 0.708. The molecule has 1 heterocycles. The van der Waals surface area contributed by atoms with Crippen LogP contribution < -0.4 is 19.5 Å². The van der Waals surface area contributed by atoms with Crippen molar-refractivity contribution in [3.05, 3.63) is 16.7 Å². The van der Waals surface area contributed by atoms with Gasteiger partial charge in [-0.1, -0.05) is 6.92 Å². The van der Waals surface area contributed by atoms with Crippen LogP contribution in [0.5, 0.6) is 17.2 Å². The third-order valence-electron chi connectivity index (χ3n) is 5.37. The van der Waals surface area contributed by atoms with Crippen molar-refractivity contribution < 1.29 is 33.2 Å². The third-order valence-corrected chi connectivity index (χ3v) is 5.37. The summed E-state index contributed by atoms with van der Waals surface area (Å²) in [5.41, 5.74) is 2.10. The number of methoxy groups -OCH3 is 3. The Balaban J connectivity index is 2.52. The zero-order valence-corrected chi connectivity index (χ0v) is 21.1. The number of hydrogen-bond donors (Lipinski definition) is 1. The number of amides is 1. The van der Waals surface area contributed by atoms with Crippen LogP contribution in [0.4, 0.5) is 4.79 Å². The molecule has 0 aliphatic carbocycles. The predicted molar refractivity (Wildman–Crippen MR) is 122 cm³/mol. The van der Waals surface area contributed by atoms with Crippen molar-refractivity contribution in [2.45, 2.75) is 84.8 Å². The van der Waals surface area contributed by atoms with E-state index in [1.165, 1.54) is 0 Å². The molecule has 0 radical (unpaired) electrons. The molecular formula is C24H39NO7. The minimum atomic E-state index is -0.732. The van der Waals surface area contributed by atoms with Gasteiger partial charge in [0, 0.05) is 16.7 Å². The van der Waals surface area contributed by atoms with Gasteiger partial charge in [-0.15, -0.1) is 0 Å². The Kier molecular flexibility index (Phi) is 8.28. The van der Waals surface area contributed by atoms with E-state index in [9.17, 15) is 4.79 Å². The van der Waals surface area contributed by atoms with Crippen molar-refractivity contribution in [2.24, 2.45) is 0 Å². The van der Waals surface area contributed by atoms with Gasteiger partial charge >= 0.3 is 6.09 Å². The highest BCUT2D eigenvalue weighted by Crippen LogP contribution is 2.44. The summed E-state index contributed by atoms with van der Waals surface area (Å²) in [5, 5.41) is 3.00. The zero-order chi connectivity index (χ0) is 24.3. The number of hydrogen-bond acceptors (Lipinski definition) is 7. The normalized spacial score (nSPS) is 18.8. The monoisotopic (exact) mass is 453 g/mol. The Morgan fingerprint density at radius 2 is 1.69 bits per heavy atom. The van der Waals surface area contributed by atoms with Crippen LogP contribution in [0.3, 0.4) is 0 Å². The maximum atomic E-state index is 12.7. The molecule has 1 aromatic rings. The molecule has 2 rings (SSSR count). The molecule has 0 spiro atoms. The Bertz CT molecular complexity index is 814. The number of ether oxygens (including phenoxy) is 6. The molecule has 1 amide bonds. The first-order chi connectivity index (χ1) is 14.9. The van der Waals surface area contributed by atoms with Crippen LogP contribution >= 0.6 is 0 Å². The van der Waals surface area contributed by atoms with E-state index in [0.717, 1.165) is 16.7 Å². The van der Waals surface area contributed by atoms with Crippen LogP contribution in [-0.4, -0.2) is 57.6 Å². The summed E-state index contributed by atoms with van der Waals surface area (Å²) < 4.78 is 34.5. The fourth-order valence-electron chi connectivity index (χ4n) is 4.11. The maximum Gasteiger partial charge on any atom is 0.407 e. The minimum absolute atomic E-state index is 0.351. The lowest BCUT2D eigenvalue weighted by Crippen LogP contribution is -2.48. The Labute approximate surface area is 191 Å². The molecule has 1 saturated heterocycles. The standard InChI is InChI=1S/C24H39NO7/c1-11-15-16(19(27-8)14(2)20(28-9)21(15)29-10)12-17(18-13-30-24(6,7)31-18)25-22(26)32-23(3,4)5/h17-18H,11-13H2,1-10H3,(H,25,26)/t17-,18+/m0/s1. The Morgan fingerprint density at radius 3 is 2.12 bits per heavy atom. The molecule has 8 heteroatoms. The summed E-state index contributed by atoms with van der Waals surface area (Å²) in [5.74, 6) is 1.28. The molecule has 1 fully saturated rings. The van der Waals surface area contributed by atoms with Gasteiger partial charge in [0.05, 0.1) is 34.0 Å². The minimum Gasteiger partial charge on any atom is -0.496 e. The van der Waals surface area contributed by atoms with E-state index in [-0.39, 0.29) is 6.10 Å². The molecule has 1 aromatic carbocycles. The SMILES string of the molecule is CCc1c(C[C@H](NC(=O)OC(C)(C)C)[C@H]2COC(C)(C)O2)c(OC)c(C)c(OC)c1OC. The van der Waals surface area contributed by atoms with E-state index < -0.39 is 23.5 Å². The van der Waals surface area contributed by atoms with Gasteiger partial charge in [-0.2, -0.15) is 0 Å². The molecule has 1 N–H and O–H groups in total. The highest BCUT2D eigenvalue weighted by molar-refractivity contribution is 5.69. The molecule has 1 aliphatic rings. The molecule has 8 nitrogen and oxygen atoms in total. The highest BCUT2D eigenvalue weighted by Gasteiger charge is 2.39. The van der Waals surface area contributed by atoms with Gasteiger partial charge in [0.2, 0.25) is 0 Å². The summed E-state index contributed by atoms with van der Waals surface area (Å²) in [6.07, 6.45) is 0.264. The van der Waals surface area contributed by atoms with Crippen molar-refractivity contribution in [3.8, 4) is 17.2 Å². The van der Waals surface area contributed by atoms with Gasteiger partial charge in [-0.25, -0.2) is 4.79 Å². The van der Waals surface area contributed by atoms with Crippen molar-refractivity contribution in [2.75, 3.05) is 27.9 Å². The Morgan fingerprint density at radius 1 is 1.09 bits per heavy atom. The van der Waals surface area contributed by atoms with Crippen molar-refractivity contribution >= 4 is 6.09 Å². The van der Waals surface area contributed by atoms with E-state index >= 15 is 0 Å². The average molecular weight is 454 g/mol. The van der Waals surface area contributed by atoms with Crippen LogP contribution in [0, 0.1) is 6.92 Å². The van der Waals surface area contributed by atoms with E-state index in [4.69, 9.17) is 28.4 Å². The number of rotatable bonds is 8. The Hall–Kier alpha value is -2.19. The van der Waals surface area contributed by atoms with Gasteiger partial charge < -0.3 is 33.7 Å². The summed E-state index contributed by atoms with van der Waals surface area (Å²) >= 11 is 0. The van der Waals surface area contributed by atoms with E-state index in [0.29, 0.717) is 36.7 Å². The van der Waals surface area contributed by atoms with Gasteiger partial charge in [-0.05, 0) is 54.4 Å². The summed E-state index contributed by atoms with van der Waals surface area (Å²) in [4.78, 5) is 12.7. The van der Waals surface area contributed by atoms with Crippen molar-refractivity contribution in [1.82, 2.24) is 5.32 Å². The molecule has 0 saturated carbocycles. The molecule has 0 unspecified atom stereocenters. The molecule has 2 atom stereocenters. The lowest BCUT2D eigenvalue weighted by atomic mass is 9.91. The predicted octanol–water partition coefficient (Wildman–Crippen LogP) is 4.17. The summed E-state index contributed by atoms with van der Waals surface area (Å²) in [6.45, 7) is 13.5. The zero-order valence-electron chi connectivity index (χ0n) is 21.1. The van der Waals surface area contributed by atoms with Crippen LogP contribution in [0.2, 0.25) is 0 Å². The second kappa shape index (κ2) is 10.2. The first-order valence-corrected chi connectivity index (χ1v) is 11.0. The van der Waals surface area contributed by atoms with Gasteiger partial charge in [-0.3, -0.25) is 0 Å². The highest BCUT2D eigenvalue weighted by atomic mass is 16.7. The van der Waals surface area contributed by atoms with Crippen molar-refractivity contribution in [3.63, 3.8) is 0 Å². The molecular weight excluding hydrogens is 414 g/mol.